The summed E-state index contributed by atoms with van der Waals surface area (Å²) in [5, 5.41) is 0. The average molecular weight is 363 g/mol. The molecular formula is C18H16F3N3O2. The number of nitrogens with zero attached hydrogens (tertiary/aromatic N) is 3. The zero-order chi connectivity index (χ0) is 19.1. The number of ketones is 1. The highest BCUT2D eigenvalue weighted by Crippen LogP contribution is 2.37. The topological polar surface area (TPSA) is 56.5 Å². The van der Waals surface area contributed by atoms with Crippen molar-refractivity contribution in [3.8, 4) is 5.75 Å². The molecule has 0 unspecified atom stereocenters. The molecule has 0 aliphatic carbocycles. The van der Waals surface area contributed by atoms with Crippen LogP contribution in [0.15, 0.2) is 30.6 Å². The molecule has 0 bridgehead atoms. The van der Waals surface area contributed by atoms with Crippen molar-refractivity contribution in [2.75, 3.05) is 7.11 Å². The minimum Gasteiger partial charge on any atom is -0.496 e. The van der Waals surface area contributed by atoms with Gasteiger partial charge < -0.3 is 4.74 Å². The summed E-state index contributed by atoms with van der Waals surface area (Å²) in [6.45, 7) is 3.63. The third-order valence-corrected chi connectivity index (χ3v) is 4.00. The molecule has 26 heavy (non-hydrogen) atoms. The Morgan fingerprint density at radius 3 is 2.65 bits per heavy atom. The van der Waals surface area contributed by atoms with Gasteiger partial charge in [0.15, 0.2) is 0 Å². The molecule has 0 aliphatic rings. The van der Waals surface area contributed by atoms with Crippen LogP contribution < -0.4 is 4.74 Å². The standard InChI is InChI=1S/C18H16F3N3O2/c1-4-13-15(24-9-10(2)8-22-17(24)23-13)16(25)11-5-6-14(26-3)12(7-11)18(19,20)21/h5-9H,4H2,1-3H3. The van der Waals surface area contributed by atoms with E-state index in [1.54, 1.807) is 19.3 Å². The Labute approximate surface area is 147 Å². The zero-order valence-electron chi connectivity index (χ0n) is 14.4. The summed E-state index contributed by atoms with van der Waals surface area (Å²) in [5.74, 6) is -0.546. The number of hydrogen-bond acceptors (Lipinski definition) is 4. The fourth-order valence-electron chi connectivity index (χ4n) is 2.77. The fraction of sp³-hybridized carbons (Fsp3) is 0.278. The van der Waals surface area contributed by atoms with Crippen molar-refractivity contribution in [3.63, 3.8) is 0 Å². The van der Waals surface area contributed by atoms with Gasteiger partial charge in [0.25, 0.3) is 0 Å². The van der Waals surface area contributed by atoms with Crippen LogP contribution in [0.5, 0.6) is 5.75 Å². The Morgan fingerprint density at radius 2 is 2.04 bits per heavy atom. The molecule has 2 aromatic heterocycles. The summed E-state index contributed by atoms with van der Waals surface area (Å²) in [6.07, 6.45) is -0.875. The van der Waals surface area contributed by atoms with Crippen molar-refractivity contribution >= 4 is 11.6 Å². The third-order valence-electron chi connectivity index (χ3n) is 4.00. The summed E-state index contributed by atoms with van der Waals surface area (Å²) in [7, 11) is 1.15. The average Bonchev–Trinajstić information content (AvgIpc) is 2.97. The Morgan fingerprint density at radius 1 is 1.31 bits per heavy atom. The molecule has 0 fully saturated rings. The number of halogens is 3. The lowest BCUT2D eigenvalue weighted by Crippen LogP contribution is -2.12. The number of benzene rings is 1. The molecule has 136 valence electrons. The number of hydrogen-bond donors (Lipinski definition) is 0. The molecular weight excluding hydrogens is 347 g/mol. The van der Waals surface area contributed by atoms with E-state index in [0.29, 0.717) is 17.9 Å². The molecule has 0 radical (unpaired) electrons. The third kappa shape index (κ3) is 3.02. The predicted molar refractivity (Wildman–Crippen MR) is 88.5 cm³/mol. The lowest BCUT2D eigenvalue weighted by molar-refractivity contribution is -0.138. The van der Waals surface area contributed by atoms with Gasteiger partial charge in [-0.15, -0.1) is 0 Å². The number of fused-ring (bicyclic) bond motifs is 1. The van der Waals surface area contributed by atoms with Crippen LogP contribution in [-0.4, -0.2) is 27.3 Å². The molecule has 1 aromatic carbocycles. The molecule has 2 heterocycles. The van der Waals surface area contributed by atoms with Crippen LogP contribution in [0.1, 0.15) is 39.8 Å². The molecule has 3 aromatic rings. The fourth-order valence-corrected chi connectivity index (χ4v) is 2.77. The maximum atomic E-state index is 13.3. The summed E-state index contributed by atoms with van der Waals surface area (Å²) >= 11 is 0. The van der Waals surface area contributed by atoms with Crippen LogP contribution >= 0.6 is 0 Å². The van der Waals surface area contributed by atoms with E-state index in [1.807, 2.05) is 6.92 Å². The zero-order valence-corrected chi connectivity index (χ0v) is 14.4. The second kappa shape index (κ2) is 6.44. The number of aromatic nitrogens is 3. The minimum atomic E-state index is -4.63. The van der Waals surface area contributed by atoms with Gasteiger partial charge in [-0.3, -0.25) is 9.20 Å². The molecule has 0 N–H and O–H groups in total. The number of rotatable bonds is 4. The summed E-state index contributed by atoms with van der Waals surface area (Å²) in [6, 6.07) is 3.27. The van der Waals surface area contributed by atoms with Crippen LogP contribution in [0.2, 0.25) is 0 Å². The first-order chi connectivity index (χ1) is 12.3. The lowest BCUT2D eigenvalue weighted by Gasteiger charge is -2.13. The van der Waals surface area contributed by atoms with E-state index in [1.165, 1.54) is 10.5 Å². The van der Waals surface area contributed by atoms with Gasteiger partial charge in [0.2, 0.25) is 11.6 Å². The Hall–Kier alpha value is -2.90. The predicted octanol–water partition coefficient (Wildman–Crippen LogP) is 3.86. The number of methoxy groups -OCH3 is 1. The van der Waals surface area contributed by atoms with Gasteiger partial charge >= 0.3 is 6.18 Å². The lowest BCUT2D eigenvalue weighted by atomic mass is 10.0. The van der Waals surface area contributed by atoms with Crippen LogP contribution in [0.25, 0.3) is 5.78 Å². The quantitative estimate of drug-likeness (QED) is 0.661. The van der Waals surface area contributed by atoms with Crippen molar-refractivity contribution in [1.29, 1.82) is 0 Å². The van der Waals surface area contributed by atoms with Gasteiger partial charge in [-0.05, 0) is 37.1 Å². The van der Waals surface area contributed by atoms with Crippen molar-refractivity contribution in [2.45, 2.75) is 26.4 Å². The smallest absolute Gasteiger partial charge is 0.419 e. The van der Waals surface area contributed by atoms with Gasteiger partial charge in [-0.2, -0.15) is 13.2 Å². The minimum absolute atomic E-state index is 0.0869. The van der Waals surface area contributed by atoms with E-state index in [9.17, 15) is 18.0 Å². The first-order valence-corrected chi connectivity index (χ1v) is 7.89. The highest BCUT2D eigenvalue weighted by molar-refractivity contribution is 6.09. The number of aryl methyl sites for hydroxylation is 2. The normalized spacial score (nSPS) is 11.8. The molecule has 0 amide bonds. The van der Waals surface area contributed by atoms with Gasteiger partial charge in [0.05, 0.1) is 18.4 Å². The number of ether oxygens (including phenoxy) is 1. The van der Waals surface area contributed by atoms with E-state index in [-0.39, 0.29) is 17.0 Å². The second-order valence-electron chi connectivity index (χ2n) is 5.80. The maximum absolute atomic E-state index is 13.3. The van der Waals surface area contributed by atoms with Crippen LogP contribution in [0, 0.1) is 6.92 Å². The highest BCUT2D eigenvalue weighted by atomic mass is 19.4. The maximum Gasteiger partial charge on any atom is 0.419 e. The molecule has 3 rings (SSSR count). The molecule has 5 nitrogen and oxygen atoms in total. The first-order valence-electron chi connectivity index (χ1n) is 7.89. The van der Waals surface area contributed by atoms with Crippen LogP contribution in [-0.2, 0) is 12.6 Å². The summed E-state index contributed by atoms with van der Waals surface area (Å²) in [5.41, 5.74) is 0.426. The molecule has 0 spiro atoms. The van der Waals surface area contributed by atoms with Gasteiger partial charge in [0.1, 0.15) is 11.4 Å². The van der Waals surface area contributed by atoms with E-state index >= 15 is 0 Å². The largest absolute Gasteiger partial charge is 0.496 e. The molecule has 0 atom stereocenters. The Balaban J connectivity index is 2.19. The van der Waals surface area contributed by atoms with Crippen molar-refractivity contribution in [2.24, 2.45) is 0 Å². The number of carbonyl (C=O) groups is 1. The number of carbonyl (C=O) groups excluding carboxylic acids is 1. The number of imidazole rings is 1. The molecule has 0 aliphatic heterocycles. The monoisotopic (exact) mass is 363 g/mol. The van der Waals surface area contributed by atoms with Crippen molar-refractivity contribution < 1.29 is 22.7 Å². The summed E-state index contributed by atoms with van der Waals surface area (Å²) in [4.78, 5) is 21.5. The SMILES string of the molecule is CCc1nc2ncc(C)cn2c1C(=O)c1ccc(OC)c(C(F)(F)F)c1. The molecule has 8 heteroatoms. The van der Waals surface area contributed by atoms with E-state index in [4.69, 9.17) is 4.74 Å². The van der Waals surface area contributed by atoms with Gasteiger partial charge in [-0.25, -0.2) is 9.97 Å². The number of alkyl halides is 3. The van der Waals surface area contributed by atoms with Gasteiger partial charge in [0, 0.05) is 18.0 Å². The second-order valence-corrected chi connectivity index (χ2v) is 5.80. The van der Waals surface area contributed by atoms with E-state index < -0.39 is 17.5 Å². The molecule has 0 saturated heterocycles. The van der Waals surface area contributed by atoms with Crippen molar-refractivity contribution in [3.05, 3.63) is 58.7 Å². The Bertz CT molecular complexity index is 993. The molecule has 0 saturated carbocycles. The first kappa shape index (κ1) is 17.9. The van der Waals surface area contributed by atoms with E-state index in [0.717, 1.165) is 24.8 Å². The Kier molecular flexibility index (Phi) is 4.43. The van der Waals surface area contributed by atoms with Crippen molar-refractivity contribution in [1.82, 2.24) is 14.4 Å². The van der Waals surface area contributed by atoms with Crippen LogP contribution in [0.3, 0.4) is 0 Å². The van der Waals surface area contributed by atoms with E-state index in [2.05, 4.69) is 9.97 Å². The van der Waals surface area contributed by atoms with Gasteiger partial charge in [-0.1, -0.05) is 6.92 Å². The summed E-state index contributed by atoms with van der Waals surface area (Å²) < 4.78 is 46.1. The van der Waals surface area contributed by atoms with Crippen LogP contribution in [0.4, 0.5) is 13.2 Å². The highest BCUT2D eigenvalue weighted by Gasteiger charge is 2.35.